The van der Waals surface area contributed by atoms with Crippen LogP contribution in [0.2, 0.25) is 0 Å². The number of aromatic nitrogens is 4. The maximum atomic E-state index is 11.6. The molecule has 2 heterocycles. The van der Waals surface area contributed by atoms with Gasteiger partial charge in [-0.1, -0.05) is 0 Å². The molecule has 0 radical (unpaired) electrons. The number of methoxy groups -OCH3 is 1. The average molecular weight is 279 g/mol. The van der Waals surface area contributed by atoms with Crippen molar-refractivity contribution in [2.45, 2.75) is 0 Å². The summed E-state index contributed by atoms with van der Waals surface area (Å²) >= 11 is 0. The third-order valence-electron chi connectivity index (χ3n) is 2.55. The van der Waals surface area contributed by atoms with Crippen LogP contribution in [0.1, 0.15) is 0 Å². The van der Waals surface area contributed by atoms with Gasteiger partial charge in [0, 0.05) is 20.7 Å². The predicted molar refractivity (Wildman–Crippen MR) is 74.6 cm³/mol. The van der Waals surface area contributed by atoms with Crippen molar-refractivity contribution < 1.29 is 9.53 Å². The molecule has 1 amide bonds. The van der Waals surface area contributed by atoms with Crippen molar-refractivity contribution in [3.05, 3.63) is 6.33 Å². The van der Waals surface area contributed by atoms with Gasteiger partial charge in [-0.3, -0.25) is 4.79 Å². The van der Waals surface area contributed by atoms with Gasteiger partial charge in [-0.15, -0.1) is 0 Å². The zero-order chi connectivity index (χ0) is 14.4. The number of carbonyl (C=O) groups excluding carboxylic acids is 1. The molecule has 0 spiro atoms. The standard InChI is InChI=1S/C11H17N7O2/c1-12-11-17-9(8-10(18-11)16-6-15-8)14-5-7(19)13-3-4-20-2/h6H,3-5H2,1-2H3,(H,13,19)(H3,12,14,15,16,17,18). The van der Waals surface area contributed by atoms with Gasteiger partial charge in [0.25, 0.3) is 0 Å². The lowest BCUT2D eigenvalue weighted by Crippen LogP contribution is -2.32. The number of rotatable bonds is 7. The highest BCUT2D eigenvalue weighted by atomic mass is 16.5. The van der Waals surface area contributed by atoms with Crippen molar-refractivity contribution >= 4 is 28.8 Å². The van der Waals surface area contributed by atoms with Crippen molar-refractivity contribution in [3.8, 4) is 0 Å². The normalized spacial score (nSPS) is 10.5. The molecule has 108 valence electrons. The first-order valence-electron chi connectivity index (χ1n) is 6.13. The Kier molecular flexibility index (Phi) is 4.66. The van der Waals surface area contributed by atoms with Crippen LogP contribution in [0, 0.1) is 0 Å². The molecule has 2 rings (SSSR count). The molecule has 9 heteroatoms. The first-order valence-corrected chi connectivity index (χ1v) is 6.13. The van der Waals surface area contributed by atoms with E-state index >= 15 is 0 Å². The maximum absolute atomic E-state index is 11.6. The molecule has 0 bridgehead atoms. The number of amides is 1. The molecule has 0 atom stereocenters. The third-order valence-corrected chi connectivity index (χ3v) is 2.55. The van der Waals surface area contributed by atoms with Crippen LogP contribution < -0.4 is 16.0 Å². The van der Waals surface area contributed by atoms with Crippen LogP contribution in [-0.2, 0) is 9.53 Å². The minimum atomic E-state index is -0.140. The summed E-state index contributed by atoms with van der Waals surface area (Å²) in [5.41, 5.74) is 1.19. The maximum Gasteiger partial charge on any atom is 0.239 e. The summed E-state index contributed by atoms with van der Waals surface area (Å²) in [6.45, 7) is 1.06. The van der Waals surface area contributed by atoms with Gasteiger partial charge in [0.05, 0.1) is 19.5 Å². The molecule has 0 saturated carbocycles. The number of nitrogens with zero attached hydrogens (tertiary/aromatic N) is 3. The smallest absolute Gasteiger partial charge is 0.239 e. The van der Waals surface area contributed by atoms with Gasteiger partial charge in [0.15, 0.2) is 11.5 Å². The summed E-state index contributed by atoms with van der Waals surface area (Å²) in [4.78, 5) is 27.0. The van der Waals surface area contributed by atoms with Gasteiger partial charge in [-0.2, -0.15) is 9.97 Å². The van der Waals surface area contributed by atoms with Crippen molar-refractivity contribution in [3.63, 3.8) is 0 Å². The monoisotopic (exact) mass is 279 g/mol. The van der Waals surface area contributed by atoms with Crippen LogP contribution >= 0.6 is 0 Å². The van der Waals surface area contributed by atoms with Crippen molar-refractivity contribution in [1.29, 1.82) is 0 Å². The van der Waals surface area contributed by atoms with Crippen LogP contribution in [0.25, 0.3) is 11.2 Å². The second-order valence-electron chi connectivity index (χ2n) is 3.94. The predicted octanol–water partition coefficient (Wildman–Crippen LogP) is -0.431. The molecule has 20 heavy (non-hydrogen) atoms. The van der Waals surface area contributed by atoms with E-state index in [1.54, 1.807) is 14.2 Å². The first kappa shape index (κ1) is 14.0. The summed E-state index contributed by atoms with van der Waals surface area (Å²) in [6, 6.07) is 0. The minimum absolute atomic E-state index is 0.109. The molecule has 2 aromatic heterocycles. The Balaban J connectivity index is 2.01. The highest BCUT2D eigenvalue weighted by molar-refractivity contribution is 5.87. The highest BCUT2D eigenvalue weighted by Gasteiger charge is 2.10. The van der Waals surface area contributed by atoms with E-state index in [-0.39, 0.29) is 12.5 Å². The van der Waals surface area contributed by atoms with Gasteiger partial charge >= 0.3 is 0 Å². The van der Waals surface area contributed by atoms with Crippen molar-refractivity contribution in [2.24, 2.45) is 0 Å². The molecule has 0 fully saturated rings. The average Bonchev–Trinajstić information content (AvgIpc) is 2.93. The topological polar surface area (TPSA) is 117 Å². The number of carbonyl (C=O) groups is 1. The third kappa shape index (κ3) is 3.32. The van der Waals surface area contributed by atoms with Crippen molar-refractivity contribution in [2.75, 3.05) is 44.5 Å². The van der Waals surface area contributed by atoms with Gasteiger partial charge < -0.3 is 25.7 Å². The number of imidazole rings is 1. The fourth-order valence-corrected chi connectivity index (χ4v) is 1.59. The Morgan fingerprint density at radius 2 is 2.30 bits per heavy atom. The quantitative estimate of drug-likeness (QED) is 0.508. The number of hydrogen-bond donors (Lipinski definition) is 4. The second-order valence-corrected chi connectivity index (χ2v) is 3.94. The fraction of sp³-hybridized carbons (Fsp3) is 0.455. The number of fused-ring (bicyclic) bond motifs is 1. The molecule has 0 saturated heterocycles. The van der Waals surface area contributed by atoms with Crippen LogP contribution in [-0.4, -0.2) is 59.7 Å². The molecule has 2 aromatic rings. The van der Waals surface area contributed by atoms with E-state index in [1.165, 1.54) is 6.33 Å². The van der Waals surface area contributed by atoms with E-state index in [2.05, 4.69) is 35.9 Å². The Bertz CT molecular complexity index is 583. The molecular formula is C11H17N7O2. The number of aromatic amines is 1. The molecule has 9 nitrogen and oxygen atoms in total. The lowest BCUT2D eigenvalue weighted by molar-refractivity contribution is -0.119. The molecule has 0 aliphatic carbocycles. The summed E-state index contributed by atoms with van der Waals surface area (Å²) in [7, 11) is 3.30. The summed E-state index contributed by atoms with van der Waals surface area (Å²) in [6.07, 6.45) is 1.53. The Morgan fingerprint density at radius 1 is 1.45 bits per heavy atom. The lowest BCUT2D eigenvalue weighted by atomic mass is 10.4. The van der Waals surface area contributed by atoms with E-state index in [1.807, 2.05) is 0 Å². The number of anilines is 2. The van der Waals surface area contributed by atoms with E-state index < -0.39 is 0 Å². The van der Waals surface area contributed by atoms with E-state index in [4.69, 9.17) is 4.74 Å². The SMILES string of the molecule is CNc1nc(NCC(=O)NCCOC)c2[nH]cnc2n1. The van der Waals surface area contributed by atoms with Crippen molar-refractivity contribution in [1.82, 2.24) is 25.3 Å². The van der Waals surface area contributed by atoms with Gasteiger partial charge in [-0.25, -0.2) is 4.98 Å². The summed E-state index contributed by atoms with van der Waals surface area (Å²) < 4.78 is 4.86. The van der Waals surface area contributed by atoms with Crippen LogP contribution in [0.5, 0.6) is 0 Å². The first-order chi connectivity index (χ1) is 9.74. The fourth-order valence-electron chi connectivity index (χ4n) is 1.59. The largest absolute Gasteiger partial charge is 0.383 e. The zero-order valence-electron chi connectivity index (χ0n) is 11.4. The molecule has 0 aromatic carbocycles. The van der Waals surface area contributed by atoms with E-state index in [0.29, 0.717) is 36.1 Å². The van der Waals surface area contributed by atoms with E-state index in [0.717, 1.165) is 0 Å². The van der Waals surface area contributed by atoms with Gasteiger partial charge in [-0.05, 0) is 0 Å². The van der Waals surface area contributed by atoms with Crippen LogP contribution in [0.3, 0.4) is 0 Å². The van der Waals surface area contributed by atoms with Gasteiger partial charge in [0.2, 0.25) is 11.9 Å². The Labute approximate surface area is 115 Å². The number of hydrogen-bond acceptors (Lipinski definition) is 7. The van der Waals surface area contributed by atoms with Crippen LogP contribution in [0.15, 0.2) is 6.33 Å². The molecule has 4 N–H and O–H groups in total. The molecular weight excluding hydrogens is 262 g/mol. The highest BCUT2D eigenvalue weighted by Crippen LogP contribution is 2.17. The lowest BCUT2D eigenvalue weighted by Gasteiger charge is -2.08. The molecule has 0 unspecified atom stereocenters. The van der Waals surface area contributed by atoms with E-state index in [9.17, 15) is 4.79 Å². The summed E-state index contributed by atoms with van der Waals surface area (Å²) in [5.74, 6) is 0.824. The van der Waals surface area contributed by atoms with Gasteiger partial charge in [0.1, 0.15) is 5.52 Å². The summed E-state index contributed by atoms with van der Waals surface area (Å²) in [5, 5.41) is 8.52. The second kappa shape index (κ2) is 6.66. The van der Waals surface area contributed by atoms with Crippen LogP contribution in [0.4, 0.5) is 11.8 Å². The molecule has 0 aliphatic rings. The number of nitrogens with one attached hydrogen (secondary N) is 4. The Hall–Kier alpha value is -2.42. The Morgan fingerprint density at radius 3 is 3.05 bits per heavy atom. The molecule has 0 aliphatic heterocycles. The minimum Gasteiger partial charge on any atom is -0.383 e. The number of ether oxygens (including phenoxy) is 1. The number of H-pyrrole nitrogens is 1. The zero-order valence-corrected chi connectivity index (χ0v) is 11.4.